The third-order valence-corrected chi connectivity index (χ3v) is 5.41. The number of nitrogens with zero attached hydrogens (tertiary/aromatic N) is 2. The van der Waals surface area contributed by atoms with Crippen LogP contribution in [-0.4, -0.2) is 32.7 Å². The molecule has 0 amide bonds. The normalized spacial score (nSPS) is 25.4. The number of hydrogen-bond donors (Lipinski definition) is 2. The Labute approximate surface area is 146 Å². The summed E-state index contributed by atoms with van der Waals surface area (Å²) in [5.41, 5.74) is 3.09. The molecule has 0 spiro atoms. The van der Waals surface area contributed by atoms with E-state index in [4.69, 9.17) is 4.74 Å². The van der Waals surface area contributed by atoms with Crippen molar-refractivity contribution < 1.29 is 9.84 Å². The molecule has 2 aliphatic rings. The molecule has 2 N–H and O–H groups in total. The van der Waals surface area contributed by atoms with E-state index < -0.39 is 0 Å². The Morgan fingerprint density at radius 3 is 2.60 bits per heavy atom. The number of hydrogen-bond acceptors (Lipinski definition) is 4. The number of fused-ring (bicyclic) bond motifs is 3. The number of pyridine rings is 1. The Kier molecular flexibility index (Phi) is 3.41. The van der Waals surface area contributed by atoms with E-state index >= 15 is 0 Å². The summed E-state index contributed by atoms with van der Waals surface area (Å²) in [5.74, 6) is 1.16. The Morgan fingerprint density at radius 1 is 1.08 bits per heavy atom. The molecule has 128 valence electrons. The Bertz CT molecular complexity index is 891. The first kappa shape index (κ1) is 14.8. The van der Waals surface area contributed by atoms with Crippen LogP contribution in [0.15, 0.2) is 49.1 Å². The molecule has 2 aromatic heterocycles. The van der Waals surface area contributed by atoms with Gasteiger partial charge in [0, 0.05) is 23.8 Å². The average Bonchev–Trinajstić information content (AvgIpc) is 3.22. The van der Waals surface area contributed by atoms with E-state index in [1.54, 1.807) is 18.5 Å². The van der Waals surface area contributed by atoms with Crippen molar-refractivity contribution in [2.45, 2.75) is 43.9 Å². The number of imidazole rings is 1. The molecule has 2 fully saturated rings. The Balaban J connectivity index is 1.50. The fraction of sp³-hybridized carbons (Fsp3) is 0.350. The third kappa shape index (κ3) is 2.74. The van der Waals surface area contributed by atoms with Gasteiger partial charge >= 0.3 is 0 Å². The van der Waals surface area contributed by atoms with Gasteiger partial charge in [-0.2, -0.15) is 0 Å². The van der Waals surface area contributed by atoms with Crippen LogP contribution in [0.2, 0.25) is 0 Å². The third-order valence-electron chi connectivity index (χ3n) is 5.41. The maximum absolute atomic E-state index is 9.52. The molecule has 2 saturated heterocycles. The number of rotatable bonds is 3. The molecule has 2 aliphatic heterocycles. The molecule has 3 atom stereocenters. The minimum Gasteiger partial charge on any atom is -0.508 e. The number of nitrogens with one attached hydrogen (secondary N) is 1. The van der Waals surface area contributed by atoms with Crippen LogP contribution in [0.1, 0.15) is 25.7 Å². The van der Waals surface area contributed by atoms with Crippen molar-refractivity contribution in [3.8, 4) is 22.6 Å². The molecule has 0 aliphatic carbocycles. The quantitative estimate of drug-likeness (QED) is 0.770. The lowest BCUT2D eigenvalue weighted by molar-refractivity contribution is 0.139. The van der Waals surface area contributed by atoms with Gasteiger partial charge in [0.25, 0.3) is 0 Å². The van der Waals surface area contributed by atoms with E-state index in [0.717, 1.165) is 35.2 Å². The van der Waals surface area contributed by atoms with Gasteiger partial charge < -0.3 is 19.6 Å². The summed E-state index contributed by atoms with van der Waals surface area (Å²) in [5, 5.41) is 13.2. The highest BCUT2D eigenvalue weighted by Crippen LogP contribution is 2.33. The van der Waals surface area contributed by atoms with E-state index in [2.05, 4.69) is 16.4 Å². The summed E-state index contributed by atoms with van der Waals surface area (Å²) in [4.78, 5) is 4.28. The molecule has 0 radical (unpaired) electrons. The van der Waals surface area contributed by atoms with Gasteiger partial charge in [-0.1, -0.05) is 12.1 Å². The Hall–Kier alpha value is -2.53. The maximum atomic E-state index is 9.52. The van der Waals surface area contributed by atoms with Gasteiger partial charge in [0.1, 0.15) is 23.1 Å². The maximum Gasteiger partial charge on any atom is 0.146 e. The zero-order chi connectivity index (χ0) is 16.8. The smallest absolute Gasteiger partial charge is 0.146 e. The van der Waals surface area contributed by atoms with Crippen LogP contribution in [0.3, 0.4) is 0 Å². The monoisotopic (exact) mass is 335 g/mol. The molecule has 5 rings (SSSR count). The van der Waals surface area contributed by atoms with Crippen LogP contribution in [0, 0.1) is 0 Å². The van der Waals surface area contributed by atoms with Gasteiger partial charge in [-0.05, 0) is 49.4 Å². The van der Waals surface area contributed by atoms with Crippen molar-refractivity contribution in [3.63, 3.8) is 0 Å². The van der Waals surface area contributed by atoms with Crippen molar-refractivity contribution >= 4 is 5.52 Å². The van der Waals surface area contributed by atoms with Gasteiger partial charge in [0.2, 0.25) is 0 Å². The number of phenolic OH excluding ortho intramolecular Hbond substituents is 1. The second-order valence-electron chi connectivity index (χ2n) is 7.18. The van der Waals surface area contributed by atoms with Crippen LogP contribution in [-0.2, 0) is 0 Å². The van der Waals surface area contributed by atoms with E-state index in [1.165, 1.54) is 12.8 Å². The van der Waals surface area contributed by atoms with Crippen molar-refractivity contribution in [3.05, 3.63) is 49.1 Å². The van der Waals surface area contributed by atoms with E-state index in [-0.39, 0.29) is 11.9 Å². The summed E-state index contributed by atoms with van der Waals surface area (Å²) >= 11 is 0. The first-order valence-electron chi connectivity index (χ1n) is 8.92. The highest BCUT2D eigenvalue weighted by Gasteiger charge is 2.34. The molecule has 3 aromatic rings. The standard InChI is InChI=1S/C20H21N3O2/c24-17-5-1-13(2-6-17)14-7-20(19-10-21-12-23(19)11-14)25-18-8-15-3-4-16(9-18)22-15/h1-2,5-7,10-12,15-16,18,22,24H,3-4,8-9H2/t15-,16+,18+. The molecule has 1 aromatic carbocycles. The summed E-state index contributed by atoms with van der Waals surface area (Å²) in [6, 6.07) is 10.5. The fourth-order valence-electron chi connectivity index (χ4n) is 4.19. The molecule has 0 unspecified atom stereocenters. The van der Waals surface area contributed by atoms with E-state index in [0.29, 0.717) is 12.1 Å². The van der Waals surface area contributed by atoms with Crippen LogP contribution < -0.4 is 10.1 Å². The molecule has 2 bridgehead atoms. The predicted octanol–water partition coefficient (Wildman–Crippen LogP) is 3.37. The van der Waals surface area contributed by atoms with Gasteiger partial charge in [0.15, 0.2) is 0 Å². The second kappa shape index (κ2) is 5.77. The summed E-state index contributed by atoms with van der Waals surface area (Å²) in [6.45, 7) is 0. The van der Waals surface area contributed by atoms with Crippen LogP contribution in [0.25, 0.3) is 16.6 Å². The molecule has 5 heteroatoms. The number of benzene rings is 1. The number of piperidine rings is 1. The highest BCUT2D eigenvalue weighted by molar-refractivity contribution is 5.71. The average molecular weight is 335 g/mol. The second-order valence-corrected chi connectivity index (χ2v) is 7.18. The summed E-state index contributed by atoms with van der Waals surface area (Å²) in [6.07, 6.45) is 10.6. The van der Waals surface area contributed by atoms with Gasteiger partial charge in [-0.15, -0.1) is 0 Å². The number of aromatic nitrogens is 2. The first-order chi connectivity index (χ1) is 12.2. The number of ether oxygens (including phenoxy) is 1. The molecule has 25 heavy (non-hydrogen) atoms. The molecule has 0 saturated carbocycles. The highest BCUT2D eigenvalue weighted by atomic mass is 16.5. The van der Waals surface area contributed by atoms with E-state index in [1.807, 2.05) is 28.9 Å². The molecular weight excluding hydrogens is 314 g/mol. The van der Waals surface area contributed by atoms with Crippen LogP contribution in [0.4, 0.5) is 0 Å². The lowest BCUT2D eigenvalue weighted by Crippen LogP contribution is -2.42. The molecule has 5 nitrogen and oxygen atoms in total. The predicted molar refractivity (Wildman–Crippen MR) is 95.9 cm³/mol. The van der Waals surface area contributed by atoms with Crippen molar-refractivity contribution in [1.29, 1.82) is 0 Å². The van der Waals surface area contributed by atoms with Crippen molar-refractivity contribution in [2.75, 3.05) is 0 Å². The van der Waals surface area contributed by atoms with Gasteiger partial charge in [0.05, 0.1) is 12.5 Å². The minimum atomic E-state index is 0.257. The SMILES string of the molecule is Oc1ccc(-c2cc(O[C@H]3C[C@H]4CC[C@@H](C3)N4)c3cncn3c2)cc1. The largest absolute Gasteiger partial charge is 0.508 e. The van der Waals surface area contributed by atoms with Gasteiger partial charge in [-0.25, -0.2) is 4.98 Å². The summed E-state index contributed by atoms with van der Waals surface area (Å²) < 4.78 is 8.45. The lowest BCUT2D eigenvalue weighted by Gasteiger charge is -2.29. The Morgan fingerprint density at radius 2 is 1.84 bits per heavy atom. The van der Waals surface area contributed by atoms with Crippen LogP contribution in [0.5, 0.6) is 11.5 Å². The zero-order valence-electron chi connectivity index (χ0n) is 13.9. The molecular formula is C20H21N3O2. The topological polar surface area (TPSA) is 58.8 Å². The van der Waals surface area contributed by atoms with E-state index in [9.17, 15) is 5.11 Å². The van der Waals surface area contributed by atoms with Crippen molar-refractivity contribution in [2.24, 2.45) is 0 Å². The molecule has 4 heterocycles. The summed E-state index contributed by atoms with van der Waals surface area (Å²) in [7, 11) is 0. The van der Waals surface area contributed by atoms with Gasteiger partial charge in [-0.3, -0.25) is 0 Å². The zero-order valence-corrected chi connectivity index (χ0v) is 13.9. The number of phenols is 1. The first-order valence-corrected chi connectivity index (χ1v) is 8.92. The fourth-order valence-corrected chi connectivity index (χ4v) is 4.19. The minimum absolute atomic E-state index is 0.257. The number of aromatic hydroxyl groups is 1. The lowest BCUT2D eigenvalue weighted by atomic mass is 10.0. The van der Waals surface area contributed by atoms with Crippen LogP contribution >= 0.6 is 0 Å². The van der Waals surface area contributed by atoms with Crippen molar-refractivity contribution in [1.82, 2.24) is 14.7 Å².